The average Bonchev–Trinajstić information content (AvgIpc) is 2.55. The fourth-order valence-corrected chi connectivity index (χ4v) is 3.34. The molecule has 0 fully saturated rings. The maximum absolute atomic E-state index is 13.0. The van der Waals surface area contributed by atoms with Gasteiger partial charge in [0, 0.05) is 25.8 Å². The van der Waals surface area contributed by atoms with Crippen molar-refractivity contribution in [2.24, 2.45) is 0 Å². The molecule has 2 rings (SSSR count). The maximum atomic E-state index is 13.0. The minimum absolute atomic E-state index is 0.0602. The van der Waals surface area contributed by atoms with E-state index >= 15 is 0 Å². The quantitative estimate of drug-likeness (QED) is 0.836. The molecule has 1 amide bonds. The van der Waals surface area contributed by atoms with Gasteiger partial charge in [-0.05, 0) is 31.5 Å². The van der Waals surface area contributed by atoms with Gasteiger partial charge in [0.25, 0.3) is 5.56 Å². The summed E-state index contributed by atoms with van der Waals surface area (Å²) in [5.41, 5.74) is 0.0247. The Morgan fingerprint density at radius 3 is 2.54 bits per heavy atom. The SMILES string of the molecule is Cc1ccc(NC(=O)C(C)n2ncc(F)cc2=O)cc1S(=O)(=O)N(C)C. The number of anilines is 1. The lowest BCUT2D eigenvalue weighted by Crippen LogP contribution is -2.33. The standard InChI is InChI=1S/C16H19FN4O4S/c1-10-5-6-13(8-14(10)26(24,25)20(3)4)19-16(23)11(2)21-15(22)7-12(17)9-18-21/h5-9,11H,1-4H3,(H,19,23). The van der Waals surface area contributed by atoms with Crippen molar-refractivity contribution >= 4 is 21.6 Å². The number of carbonyl (C=O) groups excluding carboxylic acids is 1. The van der Waals surface area contributed by atoms with E-state index in [1.54, 1.807) is 19.1 Å². The van der Waals surface area contributed by atoms with Crippen molar-refractivity contribution in [3.63, 3.8) is 0 Å². The van der Waals surface area contributed by atoms with Crippen LogP contribution >= 0.6 is 0 Å². The lowest BCUT2D eigenvalue weighted by atomic mass is 10.2. The number of nitrogens with zero attached hydrogens (tertiary/aromatic N) is 3. The van der Waals surface area contributed by atoms with E-state index in [1.807, 2.05) is 0 Å². The number of aryl methyl sites for hydroxylation is 1. The molecule has 140 valence electrons. The molecule has 0 spiro atoms. The first-order chi connectivity index (χ1) is 12.0. The molecule has 1 unspecified atom stereocenters. The normalized spacial score (nSPS) is 12.8. The number of rotatable bonds is 5. The third-order valence-corrected chi connectivity index (χ3v) is 5.71. The molecular weight excluding hydrogens is 363 g/mol. The van der Waals surface area contributed by atoms with Crippen LogP contribution < -0.4 is 10.9 Å². The number of nitrogens with one attached hydrogen (secondary N) is 1. The molecule has 1 aromatic carbocycles. The molecule has 10 heteroatoms. The zero-order valence-corrected chi connectivity index (χ0v) is 15.5. The molecule has 1 atom stereocenters. The van der Waals surface area contributed by atoms with Crippen molar-refractivity contribution in [2.75, 3.05) is 19.4 Å². The zero-order valence-electron chi connectivity index (χ0n) is 14.7. The number of amides is 1. The van der Waals surface area contributed by atoms with Crippen LogP contribution in [0.4, 0.5) is 10.1 Å². The molecule has 0 saturated carbocycles. The van der Waals surface area contributed by atoms with Crippen molar-refractivity contribution in [2.45, 2.75) is 24.8 Å². The van der Waals surface area contributed by atoms with Gasteiger partial charge in [-0.1, -0.05) is 6.07 Å². The summed E-state index contributed by atoms with van der Waals surface area (Å²) in [6.07, 6.45) is 0.832. The summed E-state index contributed by atoms with van der Waals surface area (Å²) in [6, 6.07) is 4.17. The Hall–Kier alpha value is -2.59. The van der Waals surface area contributed by atoms with Gasteiger partial charge >= 0.3 is 0 Å². The summed E-state index contributed by atoms with van der Waals surface area (Å²) in [5, 5.41) is 6.15. The second-order valence-electron chi connectivity index (χ2n) is 5.89. The fourth-order valence-electron chi connectivity index (χ4n) is 2.20. The Kier molecular flexibility index (Phi) is 5.57. The van der Waals surface area contributed by atoms with Crippen LogP contribution in [0, 0.1) is 12.7 Å². The predicted octanol–water partition coefficient (Wildman–Crippen LogP) is 1.14. The smallest absolute Gasteiger partial charge is 0.270 e. The van der Waals surface area contributed by atoms with Gasteiger partial charge in [0.2, 0.25) is 15.9 Å². The number of carbonyl (C=O) groups is 1. The number of sulfonamides is 1. The van der Waals surface area contributed by atoms with E-state index in [0.29, 0.717) is 5.56 Å². The summed E-state index contributed by atoms with van der Waals surface area (Å²) in [5.74, 6) is -1.39. The largest absolute Gasteiger partial charge is 0.324 e. The maximum Gasteiger partial charge on any atom is 0.270 e. The van der Waals surface area contributed by atoms with Gasteiger partial charge in [-0.25, -0.2) is 21.8 Å². The van der Waals surface area contributed by atoms with Crippen LogP contribution in [0.2, 0.25) is 0 Å². The summed E-state index contributed by atoms with van der Waals surface area (Å²) in [7, 11) is -0.854. The van der Waals surface area contributed by atoms with Crippen molar-refractivity contribution in [1.29, 1.82) is 0 Å². The zero-order chi connectivity index (χ0) is 19.6. The molecule has 0 bridgehead atoms. The van der Waals surface area contributed by atoms with E-state index in [0.717, 1.165) is 21.3 Å². The van der Waals surface area contributed by atoms with E-state index in [2.05, 4.69) is 10.4 Å². The summed E-state index contributed by atoms with van der Waals surface area (Å²) in [4.78, 5) is 24.2. The second kappa shape index (κ2) is 7.34. The molecule has 1 aromatic heterocycles. The van der Waals surface area contributed by atoms with E-state index in [9.17, 15) is 22.4 Å². The van der Waals surface area contributed by atoms with Gasteiger partial charge in [0.05, 0.1) is 11.1 Å². The highest BCUT2D eigenvalue weighted by atomic mass is 32.2. The summed E-state index contributed by atoms with van der Waals surface area (Å²) >= 11 is 0. The van der Waals surface area contributed by atoms with Gasteiger partial charge in [0.15, 0.2) is 0 Å². The highest BCUT2D eigenvalue weighted by molar-refractivity contribution is 7.89. The van der Waals surface area contributed by atoms with Gasteiger partial charge in [0.1, 0.15) is 11.9 Å². The van der Waals surface area contributed by atoms with E-state index < -0.39 is 33.3 Å². The minimum atomic E-state index is -3.68. The van der Waals surface area contributed by atoms with E-state index in [-0.39, 0.29) is 10.6 Å². The number of benzene rings is 1. The van der Waals surface area contributed by atoms with Crippen LogP contribution in [-0.2, 0) is 14.8 Å². The average molecular weight is 382 g/mol. The molecular formula is C16H19FN4O4S. The molecule has 0 radical (unpaired) electrons. The first-order valence-electron chi connectivity index (χ1n) is 7.62. The molecule has 2 aromatic rings. The number of hydrogen-bond donors (Lipinski definition) is 1. The van der Waals surface area contributed by atoms with Crippen molar-refractivity contribution in [1.82, 2.24) is 14.1 Å². The molecule has 0 aliphatic rings. The van der Waals surface area contributed by atoms with Gasteiger partial charge < -0.3 is 5.32 Å². The van der Waals surface area contributed by atoms with Crippen LogP contribution in [0.25, 0.3) is 0 Å². The second-order valence-corrected chi connectivity index (χ2v) is 8.01. The summed E-state index contributed by atoms with van der Waals surface area (Å²) in [6.45, 7) is 3.07. The minimum Gasteiger partial charge on any atom is -0.324 e. The summed E-state index contributed by atoms with van der Waals surface area (Å²) < 4.78 is 39.6. The van der Waals surface area contributed by atoms with Crippen molar-refractivity contribution < 1.29 is 17.6 Å². The lowest BCUT2D eigenvalue weighted by Gasteiger charge is -2.17. The van der Waals surface area contributed by atoms with Crippen LogP contribution in [0.5, 0.6) is 0 Å². The molecule has 1 heterocycles. The molecule has 8 nitrogen and oxygen atoms in total. The van der Waals surface area contributed by atoms with Gasteiger partial charge in [-0.3, -0.25) is 9.59 Å². The number of aromatic nitrogens is 2. The van der Waals surface area contributed by atoms with Crippen LogP contribution in [0.1, 0.15) is 18.5 Å². The molecule has 0 saturated heterocycles. The molecule has 1 N–H and O–H groups in total. The highest BCUT2D eigenvalue weighted by Gasteiger charge is 2.22. The third-order valence-electron chi connectivity index (χ3n) is 3.75. The number of halogens is 1. The highest BCUT2D eigenvalue weighted by Crippen LogP contribution is 2.23. The van der Waals surface area contributed by atoms with Crippen LogP contribution in [0.3, 0.4) is 0 Å². The Morgan fingerprint density at radius 1 is 1.31 bits per heavy atom. The molecule has 26 heavy (non-hydrogen) atoms. The van der Waals surface area contributed by atoms with Crippen molar-refractivity contribution in [3.8, 4) is 0 Å². The van der Waals surface area contributed by atoms with Crippen LogP contribution in [0.15, 0.2) is 40.2 Å². The first kappa shape index (κ1) is 19.7. The van der Waals surface area contributed by atoms with Crippen LogP contribution in [-0.4, -0.2) is 42.5 Å². The van der Waals surface area contributed by atoms with Gasteiger partial charge in [-0.2, -0.15) is 5.10 Å². The number of hydrogen-bond acceptors (Lipinski definition) is 5. The van der Waals surface area contributed by atoms with Gasteiger partial charge in [-0.15, -0.1) is 0 Å². The van der Waals surface area contributed by atoms with Crippen molar-refractivity contribution in [3.05, 3.63) is 52.2 Å². The monoisotopic (exact) mass is 382 g/mol. The predicted molar refractivity (Wildman–Crippen MR) is 93.8 cm³/mol. The Bertz CT molecular complexity index is 1000. The Balaban J connectivity index is 2.31. The van der Waals surface area contributed by atoms with E-state index in [4.69, 9.17) is 0 Å². The third kappa shape index (κ3) is 3.97. The molecule has 0 aliphatic heterocycles. The first-order valence-corrected chi connectivity index (χ1v) is 9.06. The fraction of sp³-hybridized carbons (Fsp3) is 0.312. The Labute approximate surface area is 150 Å². The van der Waals surface area contributed by atoms with E-state index in [1.165, 1.54) is 27.1 Å². The molecule has 0 aliphatic carbocycles. The lowest BCUT2D eigenvalue weighted by molar-refractivity contribution is -0.119. The topological polar surface area (TPSA) is 101 Å². The Morgan fingerprint density at radius 2 is 1.96 bits per heavy atom.